The molecule has 2 fully saturated rings. The molecule has 1 aromatic heterocycles. The molecular weight excluding hydrogens is 218 g/mol. The SMILES string of the molecule is c1sc(CC2CCNC2)nc1C1CCNC1. The molecule has 2 unspecified atom stereocenters. The van der Waals surface area contributed by atoms with Crippen LogP contribution in [0.25, 0.3) is 0 Å². The highest BCUT2D eigenvalue weighted by molar-refractivity contribution is 7.09. The van der Waals surface area contributed by atoms with Crippen LogP contribution >= 0.6 is 11.3 Å². The minimum atomic E-state index is 0.673. The Kier molecular flexibility index (Phi) is 3.22. The van der Waals surface area contributed by atoms with Crippen LogP contribution in [0.2, 0.25) is 0 Å². The lowest BCUT2D eigenvalue weighted by Crippen LogP contribution is -2.11. The van der Waals surface area contributed by atoms with E-state index in [1.165, 1.54) is 43.1 Å². The van der Waals surface area contributed by atoms with Crippen molar-refractivity contribution >= 4 is 11.3 Å². The Balaban J connectivity index is 1.62. The molecule has 0 aromatic carbocycles. The van der Waals surface area contributed by atoms with Gasteiger partial charge in [0.2, 0.25) is 0 Å². The molecule has 2 aliphatic rings. The molecule has 3 nitrogen and oxygen atoms in total. The fourth-order valence-corrected chi connectivity index (χ4v) is 3.64. The van der Waals surface area contributed by atoms with Gasteiger partial charge in [0.05, 0.1) is 10.7 Å². The van der Waals surface area contributed by atoms with Gasteiger partial charge in [0.1, 0.15) is 0 Å². The van der Waals surface area contributed by atoms with Crippen LogP contribution < -0.4 is 10.6 Å². The van der Waals surface area contributed by atoms with Crippen molar-refractivity contribution in [2.45, 2.75) is 25.2 Å². The summed E-state index contributed by atoms with van der Waals surface area (Å²) in [6.07, 6.45) is 3.76. The fourth-order valence-electron chi connectivity index (χ4n) is 2.65. The summed E-state index contributed by atoms with van der Waals surface area (Å²) >= 11 is 1.86. The Hall–Kier alpha value is -0.450. The summed E-state index contributed by atoms with van der Waals surface area (Å²) in [6, 6.07) is 0. The highest BCUT2D eigenvalue weighted by Gasteiger charge is 2.21. The lowest BCUT2D eigenvalue weighted by molar-refractivity contribution is 0.576. The first-order valence-electron chi connectivity index (χ1n) is 6.27. The lowest BCUT2D eigenvalue weighted by Gasteiger charge is -2.05. The number of rotatable bonds is 3. The van der Waals surface area contributed by atoms with E-state index in [4.69, 9.17) is 4.98 Å². The molecule has 0 saturated carbocycles. The van der Waals surface area contributed by atoms with Crippen molar-refractivity contribution in [3.05, 3.63) is 16.1 Å². The van der Waals surface area contributed by atoms with Gasteiger partial charge < -0.3 is 10.6 Å². The van der Waals surface area contributed by atoms with Crippen LogP contribution in [-0.2, 0) is 6.42 Å². The van der Waals surface area contributed by atoms with E-state index in [1.807, 2.05) is 11.3 Å². The molecule has 3 rings (SSSR count). The predicted molar refractivity (Wildman–Crippen MR) is 67.0 cm³/mol. The molecule has 0 bridgehead atoms. The third kappa shape index (κ3) is 2.29. The zero-order valence-electron chi connectivity index (χ0n) is 9.54. The molecule has 2 saturated heterocycles. The highest BCUT2D eigenvalue weighted by atomic mass is 32.1. The summed E-state index contributed by atoms with van der Waals surface area (Å²) in [5.74, 6) is 1.49. The van der Waals surface area contributed by atoms with E-state index in [2.05, 4.69) is 16.0 Å². The summed E-state index contributed by atoms with van der Waals surface area (Å²) in [7, 11) is 0. The predicted octanol–water partition coefficient (Wildman–Crippen LogP) is 1.37. The maximum Gasteiger partial charge on any atom is 0.0931 e. The van der Waals surface area contributed by atoms with Crippen LogP contribution in [0.3, 0.4) is 0 Å². The van der Waals surface area contributed by atoms with Crippen molar-refractivity contribution in [2.24, 2.45) is 5.92 Å². The topological polar surface area (TPSA) is 37.0 Å². The van der Waals surface area contributed by atoms with Crippen molar-refractivity contribution in [3.63, 3.8) is 0 Å². The lowest BCUT2D eigenvalue weighted by atomic mass is 10.0. The Morgan fingerprint density at radius 1 is 1.25 bits per heavy atom. The maximum absolute atomic E-state index is 4.81. The summed E-state index contributed by atoms with van der Waals surface area (Å²) in [5.41, 5.74) is 1.33. The first-order chi connectivity index (χ1) is 7.92. The zero-order valence-corrected chi connectivity index (χ0v) is 10.4. The monoisotopic (exact) mass is 237 g/mol. The van der Waals surface area contributed by atoms with Gasteiger partial charge in [-0.05, 0) is 38.4 Å². The highest BCUT2D eigenvalue weighted by Crippen LogP contribution is 2.25. The molecule has 16 heavy (non-hydrogen) atoms. The first-order valence-corrected chi connectivity index (χ1v) is 7.15. The zero-order chi connectivity index (χ0) is 10.8. The largest absolute Gasteiger partial charge is 0.316 e. The summed E-state index contributed by atoms with van der Waals surface area (Å²) < 4.78 is 0. The number of hydrogen-bond donors (Lipinski definition) is 2. The summed E-state index contributed by atoms with van der Waals surface area (Å²) in [4.78, 5) is 4.81. The molecule has 3 heterocycles. The number of aromatic nitrogens is 1. The van der Waals surface area contributed by atoms with E-state index in [9.17, 15) is 0 Å². The van der Waals surface area contributed by atoms with E-state index in [0.717, 1.165) is 19.0 Å². The van der Waals surface area contributed by atoms with Crippen LogP contribution in [0.15, 0.2) is 5.38 Å². The van der Waals surface area contributed by atoms with E-state index in [0.29, 0.717) is 5.92 Å². The standard InChI is InChI=1S/C12H19N3S/c1-3-13-6-9(1)5-12-15-11(8-16-12)10-2-4-14-7-10/h8-10,13-14H,1-7H2. The van der Waals surface area contributed by atoms with Crippen molar-refractivity contribution in [2.75, 3.05) is 26.2 Å². The van der Waals surface area contributed by atoms with Crippen LogP contribution in [0.4, 0.5) is 0 Å². The second-order valence-corrected chi connectivity index (χ2v) is 5.86. The quantitative estimate of drug-likeness (QED) is 0.834. The minimum absolute atomic E-state index is 0.673. The van der Waals surface area contributed by atoms with Gasteiger partial charge in [-0.25, -0.2) is 4.98 Å². The van der Waals surface area contributed by atoms with Crippen molar-refractivity contribution in [3.8, 4) is 0 Å². The van der Waals surface area contributed by atoms with E-state index in [-0.39, 0.29) is 0 Å². The van der Waals surface area contributed by atoms with Gasteiger partial charge in [0.25, 0.3) is 0 Å². The van der Waals surface area contributed by atoms with Gasteiger partial charge in [-0.1, -0.05) is 0 Å². The van der Waals surface area contributed by atoms with Crippen LogP contribution in [0.5, 0.6) is 0 Å². The van der Waals surface area contributed by atoms with Gasteiger partial charge in [-0.2, -0.15) is 0 Å². The third-order valence-corrected chi connectivity index (χ3v) is 4.56. The van der Waals surface area contributed by atoms with E-state index < -0.39 is 0 Å². The number of nitrogens with one attached hydrogen (secondary N) is 2. The first kappa shape index (κ1) is 10.7. The Labute approximate surface area is 101 Å². The van der Waals surface area contributed by atoms with E-state index >= 15 is 0 Å². The molecule has 0 radical (unpaired) electrons. The average molecular weight is 237 g/mol. The normalized spacial score (nSPS) is 30.0. The fraction of sp³-hybridized carbons (Fsp3) is 0.750. The number of thiazole rings is 1. The summed E-state index contributed by atoms with van der Waals surface area (Å²) in [5, 5.41) is 10.4. The third-order valence-electron chi connectivity index (χ3n) is 3.67. The average Bonchev–Trinajstić information content (AvgIpc) is 2.99. The molecule has 0 amide bonds. The minimum Gasteiger partial charge on any atom is -0.316 e. The Morgan fingerprint density at radius 2 is 2.12 bits per heavy atom. The van der Waals surface area contributed by atoms with E-state index in [1.54, 1.807) is 0 Å². The molecule has 2 atom stereocenters. The molecular formula is C12H19N3S. The molecule has 88 valence electrons. The van der Waals surface area contributed by atoms with Crippen LogP contribution in [0, 0.1) is 5.92 Å². The van der Waals surface area contributed by atoms with Crippen molar-refractivity contribution in [1.82, 2.24) is 15.6 Å². The summed E-state index contributed by atoms with van der Waals surface area (Å²) in [6.45, 7) is 4.65. The molecule has 2 aliphatic heterocycles. The van der Waals surface area contributed by atoms with Gasteiger partial charge in [-0.3, -0.25) is 0 Å². The molecule has 1 aromatic rings. The Bertz CT molecular complexity index is 338. The van der Waals surface area contributed by atoms with Gasteiger partial charge in [0.15, 0.2) is 0 Å². The number of hydrogen-bond acceptors (Lipinski definition) is 4. The smallest absolute Gasteiger partial charge is 0.0931 e. The second-order valence-electron chi connectivity index (χ2n) is 4.92. The maximum atomic E-state index is 4.81. The number of nitrogens with zero attached hydrogens (tertiary/aromatic N) is 1. The molecule has 0 spiro atoms. The van der Waals surface area contributed by atoms with Crippen molar-refractivity contribution < 1.29 is 0 Å². The second kappa shape index (κ2) is 4.82. The van der Waals surface area contributed by atoms with Crippen molar-refractivity contribution in [1.29, 1.82) is 0 Å². The molecule has 4 heteroatoms. The Morgan fingerprint density at radius 3 is 2.88 bits per heavy atom. The van der Waals surface area contributed by atoms with Crippen LogP contribution in [-0.4, -0.2) is 31.2 Å². The van der Waals surface area contributed by atoms with Gasteiger partial charge >= 0.3 is 0 Å². The van der Waals surface area contributed by atoms with Gasteiger partial charge in [-0.15, -0.1) is 11.3 Å². The van der Waals surface area contributed by atoms with Crippen LogP contribution in [0.1, 0.15) is 29.5 Å². The molecule has 0 aliphatic carbocycles. The molecule has 2 N–H and O–H groups in total. The van der Waals surface area contributed by atoms with Gasteiger partial charge in [0, 0.05) is 24.3 Å².